The number of hydrogen-bond acceptors (Lipinski definition) is 2. The van der Waals surface area contributed by atoms with E-state index >= 15 is 0 Å². The predicted molar refractivity (Wildman–Crippen MR) is 85.2 cm³/mol. The molecule has 2 aromatic rings. The van der Waals surface area contributed by atoms with Crippen molar-refractivity contribution in [1.82, 2.24) is 4.57 Å². The first-order valence-corrected chi connectivity index (χ1v) is 12.4. The van der Waals surface area contributed by atoms with Crippen LogP contribution in [0.4, 0.5) is 8.78 Å². The minimum absolute atomic E-state index is 0.300. The standard InChI is InChI=1S/C11H10N2.C6H3F2O.In/c1-3-10(8-12)9-13-7-5-6-11(13)4-2;7-4-2-1-3-5(9)6(4)8;/h1,3,5-7H,4H2,2H3;1,3,9H;. The van der Waals surface area contributed by atoms with Crippen LogP contribution in [0.3, 0.4) is 0 Å². The molecule has 1 aromatic heterocycles. The minimum atomic E-state index is -3.09. The van der Waals surface area contributed by atoms with Crippen molar-refractivity contribution < 1.29 is 13.9 Å². The van der Waals surface area contributed by atoms with E-state index < -0.39 is 38.8 Å². The second-order valence-electron chi connectivity index (χ2n) is 5.27. The first kappa shape index (κ1) is 15.9. The fraction of sp³-hybridized carbons (Fsp3) is 0.118. The summed E-state index contributed by atoms with van der Waals surface area (Å²) < 4.78 is 33.0. The van der Waals surface area contributed by atoms with Crippen LogP contribution in [0, 0.1) is 23.0 Å². The van der Waals surface area contributed by atoms with Gasteiger partial charge >= 0.3 is 140 Å². The van der Waals surface area contributed by atoms with Gasteiger partial charge < -0.3 is 0 Å². The Morgan fingerprint density at radius 1 is 1.26 bits per heavy atom. The topological polar surface area (TPSA) is 49.0 Å². The second-order valence-corrected chi connectivity index (χ2v) is 12.4. The van der Waals surface area contributed by atoms with E-state index in [1.807, 2.05) is 33.7 Å². The SMILES string of the molecule is CCc1cccn1[C]1=C(C#N)C=[CH][In]1[c]1ccc(O)c(F)c1F. The number of hydrogen-bond donors (Lipinski definition) is 1. The van der Waals surface area contributed by atoms with Crippen LogP contribution in [-0.4, -0.2) is 31.1 Å². The van der Waals surface area contributed by atoms with Crippen molar-refractivity contribution in [2.75, 3.05) is 0 Å². The van der Waals surface area contributed by atoms with E-state index in [0.29, 0.717) is 8.89 Å². The molecule has 1 aliphatic rings. The van der Waals surface area contributed by atoms with Crippen LogP contribution in [0.2, 0.25) is 0 Å². The van der Waals surface area contributed by atoms with Gasteiger partial charge in [-0.05, 0) is 0 Å². The van der Waals surface area contributed by atoms with Crippen molar-refractivity contribution in [3.8, 4) is 11.8 Å². The van der Waals surface area contributed by atoms with Crippen molar-refractivity contribution in [2.24, 2.45) is 0 Å². The number of rotatable bonds is 3. The average molecular weight is 414 g/mol. The van der Waals surface area contributed by atoms with Gasteiger partial charge in [-0.25, -0.2) is 0 Å². The van der Waals surface area contributed by atoms with Crippen LogP contribution in [0.5, 0.6) is 5.75 Å². The third kappa shape index (κ3) is 2.59. The van der Waals surface area contributed by atoms with E-state index in [1.54, 1.807) is 6.08 Å². The molecule has 0 radical (unpaired) electrons. The monoisotopic (exact) mass is 414 g/mol. The van der Waals surface area contributed by atoms with E-state index in [0.717, 1.165) is 15.6 Å². The van der Waals surface area contributed by atoms with Crippen molar-refractivity contribution in [3.05, 3.63) is 63.3 Å². The number of aromatic nitrogens is 1. The number of aryl methyl sites for hydroxylation is 1. The van der Waals surface area contributed by atoms with E-state index in [-0.39, 0.29) is 0 Å². The molecule has 0 saturated carbocycles. The first-order chi connectivity index (χ1) is 11.1. The Morgan fingerprint density at radius 2 is 2.04 bits per heavy atom. The Balaban J connectivity index is 2.18. The molecule has 0 atom stereocenters. The maximum absolute atomic E-state index is 14.3. The molecule has 1 N–H and O–H groups in total. The molecule has 3 rings (SSSR count). The Morgan fingerprint density at radius 3 is 2.74 bits per heavy atom. The van der Waals surface area contributed by atoms with Gasteiger partial charge in [0, 0.05) is 0 Å². The molecule has 0 spiro atoms. The molecule has 6 heteroatoms. The Hall–Kier alpha value is -2.00. The van der Waals surface area contributed by atoms with Gasteiger partial charge in [0.05, 0.1) is 0 Å². The normalized spacial score (nSPS) is 13.7. The quantitative estimate of drug-likeness (QED) is 0.840. The van der Waals surface area contributed by atoms with Crippen LogP contribution in [0.25, 0.3) is 3.45 Å². The van der Waals surface area contributed by atoms with Gasteiger partial charge in [0.1, 0.15) is 0 Å². The molecule has 23 heavy (non-hydrogen) atoms. The van der Waals surface area contributed by atoms with E-state index in [1.165, 1.54) is 12.1 Å². The molecule has 0 bridgehead atoms. The van der Waals surface area contributed by atoms with Crippen molar-refractivity contribution >= 4 is 28.2 Å². The Labute approximate surface area is 140 Å². The molecule has 0 unspecified atom stereocenters. The third-order valence-electron chi connectivity index (χ3n) is 4.03. The summed E-state index contributed by atoms with van der Waals surface area (Å²) in [5, 5.41) is 18.7. The fourth-order valence-electron chi connectivity index (χ4n) is 2.90. The number of phenolic OH excluding ortho intramolecular Hbond substituents is 1. The summed E-state index contributed by atoms with van der Waals surface area (Å²) >= 11 is -3.09. The number of nitriles is 1. The summed E-state index contributed by atoms with van der Waals surface area (Å²) in [6.07, 6.45) is 4.34. The number of halogens is 2. The summed E-state index contributed by atoms with van der Waals surface area (Å²) in [7, 11) is 0. The van der Waals surface area contributed by atoms with Crippen LogP contribution >= 0.6 is 0 Å². The Bertz CT molecular complexity index is 877. The van der Waals surface area contributed by atoms with Gasteiger partial charge in [0.25, 0.3) is 0 Å². The van der Waals surface area contributed by atoms with E-state index in [4.69, 9.17) is 0 Å². The van der Waals surface area contributed by atoms with Gasteiger partial charge in [-0.1, -0.05) is 0 Å². The van der Waals surface area contributed by atoms with Crippen molar-refractivity contribution in [3.63, 3.8) is 0 Å². The molecule has 2 heterocycles. The number of nitrogens with zero attached hydrogens (tertiary/aromatic N) is 2. The van der Waals surface area contributed by atoms with E-state index in [9.17, 15) is 19.1 Å². The van der Waals surface area contributed by atoms with Crippen molar-refractivity contribution in [1.29, 1.82) is 5.26 Å². The first-order valence-electron chi connectivity index (χ1n) is 7.24. The molecule has 0 fully saturated rings. The third-order valence-corrected chi connectivity index (χ3v) is 12.2. The summed E-state index contributed by atoms with van der Waals surface area (Å²) in [6, 6.07) is 8.61. The molecule has 0 aliphatic carbocycles. The van der Waals surface area contributed by atoms with Crippen LogP contribution in [0.1, 0.15) is 12.6 Å². The van der Waals surface area contributed by atoms with Gasteiger partial charge in [0.15, 0.2) is 0 Å². The summed E-state index contributed by atoms with van der Waals surface area (Å²) in [5.41, 5.74) is 1.53. The molecular formula is C17H13F2InN2O. The number of benzene rings is 1. The maximum atomic E-state index is 14.3. The summed E-state index contributed by atoms with van der Waals surface area (Å²) in [5.74, 6) is -2.92. The molecule has 0 amide bonds. The molecule has 0 saturated heterocycles. The van der Waals surface area contributed by atoms with E-state index in [2.05, 4.69) is 6.07 Å². The fourth-order valence-corrected chi connectivity index (χ4v) is 10.9. The average Bonchev–Trinajstić information content (AvgIpc) is 3.18. The molecule has 3 nitrogen and oxygen atoms in total. The van der Waals surface area contributed by atoms with Gasteiger partial charge in [-0.15, -0.1) is 0 Å². The Kier molecular flexibility index (Phi) is 4.31. The molecule has 114 valence electrons. The zero-order valence-corrected chi connectivity index (χ0v) is 15.7. The summed E-state index contributed by atoms with van der Waals surface area (Å²) in [6.45, 7) is 2.01. The van der Waals surface area contributed by atoms with Gasteiger partial charge in [-0.2, -0.15) is 0 Å². The van der Waals surface area contributed by atoms with Gasteiger partial charge in [0.2, 0.25) is 0 Å². The molecule has 1 aromatic carbocycles. The van der Waals surface area contributed by atoms with Gasteiger partial charge in [-0.3, -0.25) is 0 Å². The number of aromatic hydroxyl groups is 1. The molecular weight excluding hydrogens is 401 g/mol. The number of allylic oxidation sites excluding steroid dienone is 2. The zero-order valence-electron chi connectivity index (χ0n) is 12.4. The van der Waals surface area contributed by atoms with Crippen LogP contribution in [-0.2, 0) is 6.42 Å². The second kappa shape index (κ2) is 6.25. The predicted octanol–water partition coefficient (Wildman–Crippen LogP) is 2.82. The van der Waals surface area contributed by atoms with Crippen LogP contribution < -0.4 is 3.32 Å². The zero-order chi connectivity index (χ0) is 16.6. The van der Waals surface area contributed by atoms with Crippen molar-refractivity contribution in [2.45, 2.75) is 13.3 Å². The van der Waals surface area contributed by atoms with Crippen LogP contribution in [0.15, 0.2) is 45.9 Å². The molecule has 1 aliphatic heterocycles. The number of phenols is 1. The summed E-state index contributed by atoms with van der Waals surface area (Å²) in [4.78, 5) is 0.